The van der Waals surface area contributed by atoms with Crippen molar-refractivity contribution in [2.45, 2.75) is 12.5 Å². The molecular formula is C24H27ClN4O4. The summed E-state index contributed by atoms with van der Waals surface area (Å²) in [6.45, 7) is 3.21. The summed E-state index contributed by atoms with van der Waals surface area (Å²) in [5, 5.41) is 3.23. The van der Waals surface area contributed by atoms with Crippen molar-refractivity contribution in [1.29, 1.82) is 0 Å². The summed E-state index contributed by atoms with van der Waals surface area (Å²) in [6, 6.07) is 13.6. The zero-order valence-electron chi connectivity index (χ0n) is 18.5. The lowest BCUT2D eigenvalue weighted by atomic mass is 10.1. The van der Waals surface area contributed by atoms with Crippen molar-refractivity contribution in [2.75, 3.05) is 51.3 Å². The van der Waals surface area contributed by atoms with Crippen molar-refractivity contribution >= 4 is 35.0 Å². The van der Waals surface area contributed by atoms with Gasteiger partial charge in [0.25, 0.3) is 5.91 Å². The molecule has 0 saturated carbocycles. The van der Waals surface area contributed by atoms with Crippen molar-refractivity contribution < 1.29 is 19.1 Å². The zero-order chi connectivity index (χ0) is 23.4. The van der Waals surface area contributed by atoms with Crippen LogP contribution in [0.2, 0.25) is 5.02 Å². The number of benzene rings is 2. The number of hydrogen-bond donors (Lipinski definition) is 1. The highest BCUT2D eigenvalue weighted by atomic mass is 35.5. The zero-order valence-corrected chi connectivity index (χ0v) is 19.3. The molecule has 33 heavy (non-hydrogen) atoms. The lowest BCUT2D eigenvalue weighted by Gasteiger charge is -2.39. The van der Waals surface area contributed by atoms with E-state index in [1.807, 2.05) is 24.3 Å². The van der Waals surface area contributed by atoms with Gasteiger partial charge in [-0.3, -0.25) is 14.4 Å². The van der Waals surface area contributed by atoms with Crippen molar-refractivity contribution in [3.8, 4) is 5.75 Å². The summed E-state index contributed by atoms with van der Waals surface area (Å²) >= 11 is 6.03. The standard InChI is InChI=1S/C24H27ClN4O4/c1-33-20-7-5-19(6-8-20)27-11-13-28(14-12-27)22(30)16-21-23(31)26-9-10-29(21)24(32)17-3-2-4-18(25)15-17/h2-8,15,21H,9-14,16H2,1H3,(H,26,31)/t21-/m0/s1. The Labute approximate surface area is 198 Å². The quantitative estimate of drug-likeness (QED) is 0.723. The molecule has 2 heterocycles. The van der Waals surface area contributed by atoms with Gasteiger partial charge in [0.2, 0.25) is 11.8 Å². The smallest absolute Gasteiger partial charge is 0.254 e. The molecule has 1 atom stereocenters. The molecule has 8 nitrogen and oxygen atoms in total. The van der Waals surface area contributed by atoms with E-state index >= 15 is 0 Å². The molecule has 0 unspecified atom stereocenters. The van der Waals surface area contributed by atoms with Crippen LogP contribution in [0.3, 0.4) is 0 Å². The summed E-state index contributed by atoms with van der Waals surface area (Å²) in [4.78, 5) is 44.2. The van der Waals surface area contributed by atoms with Crippen LogP contribution in [0.15, 0.2) is 48.5 Å². The van der Waals surface area contributed by atoms with Crippen molar-refractivity contribution in [1.82, 2.24) is 15.1 Å². The van der Waals surface area contributed by atoms with Crippen LogP contribution >= 0.6 is 11.6 Å². The number of carbonyl (C=O) groups is 3. The molecule has 2 fully saturated rings. The van der Waals surface area contributed by atoms with Gasteiger partial charge in [-0.1, -0.05) is 17.7 Å². The van der Waals surface area contributed by atoms with Gasteiger partial charge in [-0.05, 0) is 42.5 Å². The second-order valence-corrected chi connectivity index (χ2v) is 8.52. The molecule has 3 amide bonds. The number of anilines is 1. The van der Waals surface area contributed by atoms with Crippen LogP contribution in [0.25, 0.3) is 0 Å². The van der Waals surface area contributed by atoms with E-state index < -0.39 is 6.04 Å². The van der Waals surface area contributed by atoms with E-state index in [1.54, 1.807) is 36.3 Å². The Kier molecular flexibility index (Phi) is 7.03. The SMILES string of the molecule is COc1ccc(N2CCN(C(=O)C[C@H]3C(=O)NCCN3C(=O)c3cccc(Cl)c3)CC2)cc1. The lowest BCUT2D eigenvalue weighted by Crippen LogP contribution is -2.59. The van der Waals surface area contributed by atoms with E-state index in [1.165, 1.54) is 4.90 Å². The minimum absolute atomic E-state index is 0.0410. The van der Waals surface area contributed by atoms with Crippen molar-refractivity contribution in [3.63, 3.8) is 0 Å². The fourth-order valence-electron chi connectivity index (χ4n) is 4.25. The third-order valence-corrected chi connectivity index (χ3v) is 6.34. The molecule has 1 N–H and O–H groups in total. The Morgan fingerprint density at radius 2 is 1.79 bits per heavy atom. The second kappa shape index (κ2) is 10.1. The molecule has 4 rings (SSSR count). The molecule has 174 valence electrons. The van der Waals surface area contributed by atoms with E-state index in [0.29, 0.717) is 49.9 Å². The Bertz CT molecular complexity index is 1020. The fourth-order valence-corrected chi connectivity index (χ4v) is 4.44. The minimum atomic E-state index is -0.836. The van der Waals surface area contributed by atoms with E-state index in [4.69, 9.17) is 16.3 Å². The first kappa shape index (κ1) is 22.9. The largest absolute Gasteiger partial charge is 0.497 e. The maximum atomic E-state index is 13.1. The highest BCUT2D eigenvalue weighted by Crippen LogP contribution is 2.22. The molecular weight excluding hydrogens is 444 g/mol. The first-order valence-electron chi connectivity index (χ1n) is 11.0. The number of rotatable bonds is 5. The Balaban J connectivity index is 1.38. The molecule has 0 spiro atoms. The maximum Gasteiger partial charge on any atom is 0.254 e. The molecule has 0 aliphatic carbocycles. The molecule has 2 saturated heterocycles. The van der Waals surface area contributed by atoms with Gasteiger partial charge < -0.3 is 24.8 Å². The van der Waals surface area contributed by atoms with Gasteiger partial charge in [0.1, 0.15) is 11.8 Å². The van der Waals surface area contributed by atoms with Crippen LogP contribution in [0.4, 0.5) is 5.69 Å². The molecule has 0 aromatic heterocycles. The summed E-state index contributed by atoms with van der Waals surface area (Å²) in [7, 11) is 1.63. The van der Waals surface area contributed by atoms with Gasteiger partial charge >= 0.3 is 0 Å². The molecule has 0 radical (unpaired) electrons. The van der Waals surface area contributed by atoms with Crippen molar-refractivity contribution in [2.24, 2.45) is 0 Å². The number of carbonyl (C=O) groups excluding carboxylic acids is 3. The van der Waals surface area contributed by atoms with Crippen LogP contribution < -0.4 is 15.0 Å². The van der Waals surface area contributed by atoms with Gasteiger partial charge in [-0.25, -0.2) is 0 Å². The lowest BCUT2D eigenvalue weighted by molar-refractivity contribution is -0.138. The summed E-state index contributed by atoms with van der Waals surface area (Å²) in [5.74, 6) is 0.0712. The number of amides is 3. The van der Waals surface area contributed by atoms with Crippen LogP contribution in [0, 0.1) is 0 Å². The van der Waals surface area contributed by atoms with Gasteiger partial charge in [-0.2, -0.15) is 0 Å². The predicted molar refractivity (Wildman–Crippen MR) is 126 cm³/mol. The fraction of sp³-hybridized carbons (Fsp3) is 0.375. The minimum Gasteiger partial charge on any atom is -0.497 e. The third-order valence-electron chi connectivity index (χ3n) is 6.10. The van der Waals surface area contributed by atoms with Crippen LogP contribution in [-0.2, 0) is 9.59 Å². The number of methoxy groups -OCH3 is 1. The van der Waals surface area contributed by atoms with Crippen LogP contribution in [-0.4, -0.2) is 79.9 Å². The van der Waals surface area contributed by atoms with E-state index in [2.05, 4.69) is 10.2 Å². The third kappa shape index (κ3) is 5.22. The maximum absolute atomic E-state index is 13.1. The van der Waals surface area contributed by atoms with Gasteiger partial charge in [0, 0.05) is 55.5 Å². The number of hydrogen-bond acceptors (Lipinski definition) is 5. The second-order valence-electron chi connectivity index (χ2n) is 8.09. The topological polar surface area (TPSA) is 82.2 Å². The molecule has 2 aliphatic rings. The number of nitrogens with zero attached hydrogens (tertiary/aromatic N) is 3. The number of piperazine rings is 2. The molecule has 2 aliphatic heterocycles. The number of halogens is 1. The normalized spacial score (nSPS) is 18.7. The van der Waals surface area contributed by atoms with E-state index in [9.17, 15) is 14.4 Å². The van der Waals surface area contributed by atoms with Gasteiger partial charge in [0.05, 0.1) is 13.5 Å². The number of nitrogens with one attached hydrogen (secondary N) is 1. The monoisotopic (exact) mass is 470 g/mol. The first-order chi connectivity index (χ1) is 16.0. The van der Waals surface area contributed by atoms with Crippen molar-refractivity contribution in [3.05, 3.63) is 59.1 Å². The van der Waals surface area contributed by atoms with E-state index in [0.717, 1.165) is 11.4 Å². The molecule has 0 bridgehead atoms. The number of ether oxygens (including phenoxy) is 1. The van der Waals surface area contributed by atoms with Crippen LogP contribution in [0.1, 0.15) is 16.8 Å². The molecule has 9 heteroatoms. The summed E-state index contributed by atoms with van der Waals surface area (Å²) < 4.78 is 5.21. The summed E-state index contributed by atoms with van der Waals surface area (Å²) in [5.41, 5.74) is 1.48. The average Bonchev–Trinajstić information content (AvgIpc) is 2.85. The Morgan fingerprint density at radius 1 is 1.06 bits per heavy atom. The predicted octanol–water partition coefficient (Wildman–Crippen LogP) is 2.03. The summed E-state index contributed by atoms with van der Waals surface area (Å²) in [6.07, 6.45) is -0.0410. The molecule has 2 aromatic rings. The van der Waals surface area contributed by atoms with Gasteiger partial charge in [-0.15, -0.1) is 0 Å². The highest BCUT2D eigenvalue weighted by molar-refractivity contribution is 6.31. The average molecular weight is 471 g/mol. The Hall–Kier alpha value is -3.26. The molecule has 2 aromatic carbocycles. The Morgan fingerprint density at radius 3 is 2.45 bits per heavy atom. The van der Waals surface area contributed by atoms with Gasteiger partial charge in [0.15, 0.2) is 0 Å². The highest BCUT2D eigenvalue weighted by Gasteiger charge is 2.36. The van der Waals surface area contributed by atoms with Crippen LogP contribution in [0.5, 0.6) is 5.75 Å². The van der Waals surface area contributed by atoms with E-state index in [-0.39, 0.29) is 24.1 Å². The first-order valence-corrected chi connectivity index (χ1v) is 11.3.